The van der Waals surface area contributed by atoms with Crippen molar-refractivity contribution in [2.45, 2.75) is 26.9 Å². The van der Waals surface area contributed by atoms with Gasteiger partial charge in [0.25, 0.3) is 0 Å². The lowest BCUT2D eigenvalue weighted by atomic mass is 10.5. The molecule has 0 saturated carbocycles. The van der Waals surface area contributed by atoms with Crippen LogP contribution in [0.5, 0.6) is 0 Å². The predicted octanol–water partition coefficient (Wildman–Crippen LogP) is 1.25. The molecule has 0 aromatic carbocycles. The SMILES string of the molecule is CC=O.COC(C)C. The van der Waals surface area contributed by atoms with Gasteiger partial charge >= 0.3 is 0 Å². The van der Waals surface area contributed by atoms with Crippen molar-refractivity contribution in [3.8, 4) is 0 Å². The third-order valence-electron chi connectivity index (χ3n) is 0.471. The molecule has 2 nitrogen and oxygen atoms in total. The first-order chi connectivity index (χ1) is 3.68. The Balaban J connectivity index is 0. The van der Waals surface area contributed by atoms with E-state index in [0.29, 0.717) is 6.10 Å². The number of hydrogen-bond acceptors (Lipinski definition) is 2. The summed E-state index contributed by atoms with van der Waals surface area (Å²) in [6.45, 7) is 5.44. The summed E-state index contributed by atoms with van der Waals surface area (Å²) in [6, 6.07) is 0. The maximum atomic E-state index is 8.81. The molecule has 0 aromatic heterocycles. The zero-order valence-electron chi connectivity index (χ0n) is 5.97. The maximum absolute atomic E-state index is 8.81. The van der Waals surface area contributed by atoms with Gasteiger partial charge in [0, 0.05) is 7.11 Å². The fraction of sp³-hybridized carbons (Fsp3) is 0.833. The van der Waals surface area contributed by atoms with E-state index in [1.165, 1.54) is 6.92 Å². The molecule has 0 fully saturated rings. The number of rotatable bonds is 1. The minimum atomic E-state index is 0.384. The molecule has 0 spiro atoms. The second-order valence-corrected chi connectivity index (χ2v) is 1.52. The number of carbonyl (C=O) groups excluding carboxylic acids is 1. The summed E-state index contributed by atoms with van der Waals surface area (Å²) in [5, 5.41) is 0. The average molecular weight is 118 g/mol. The van der Waals surface area contributed by atoms with Gasteiger partial charge in [0.2, 0.25) is 0 Å². The summed E-state index contributed by atoms with van der Waals surface area (Å²) < 4.78 is 4.75. The Morgan fingerprint density at radius 2 is 1.62 bits per heavy atom. The van der Waals surface area contributed by atoms with Crippen LogP contribution < -0.4 is 0 Å². The van der Waals surface area contributed by atoms with E-state index in [1.54, 1.807) is 7.11 Å². The predicted molar refractivity (Wildman–Crippen MR) is 33.9 cm³/mol. The minimum Gasteiger partial charge on any atom is -0.382 e. The second kappa shape index (κ2) is 9.80. The lowest BCUT2D eigenvalue weighted by Gasteiger charge is -1.94. The van der Waals surface area contributed by atoms with E-state index >= 15 is 0 Å². The number of methoxy groups -OCH3 is 1. The van der Waals surface area contributed by atoms with E-state index in [1.807, 2.05) is 13.8 Å². The van der Waals surface area contributed by atoms with Crippen LogP contribution in [0.3, 0.4) is 0 Å². The van der Waals surface area contributed by atoms with Gasteiger partial charge in [0.15, 0.2) is 0 Å². The van der Waals surface area contributed by atoms with Crippen LogP contribution in [0.25, 0.3) is 0 Å². The highest BCUT2D eigenvalue weighted by Gasteiger charge is 1.78. The van der Waals surface area contributed by atoms with Gasteiger partial charge in [-0.25, -0.2) is 0 Å². The average Bonchev–Trinajstić information content (AvgIpc) is 1.69. The third kappa shape index (κ3) is 45.4. The highest BCUT2D eigenvalue weighted by Crippen LogP contribution is 1.77. The highest BCUT2D eigenvalue weighted by molar-refractivity contribution is 5.44. The second-order valence-electron chi connectivity index (χ2n) is 1.52. The van der Waals surface area contributed by atoms with Gasteiger partial charge in [-0.1, -0.05) is 0 Å². The Morgan fingerprint density at radius 1 is 1.50 bits per heavy atom. The molecule has 0 bridgehead atoms. The largest absolute Gasteiger partial charge is 0.382 e. The van der Waals surface area contributed by atoms with Gasteiger partial charge in [0.1, 0.15) is 6.29 Å². The minimum absolute atomic E-state index is 0.384. The molecule has 0 unspecified atom stereocenters. The van der Waals surface area contributed by atoms with Gasteiger partial charge in [-0.3, -0.25) is 0 Å². The van der Waals surface area contributed by atoms with E-state index in [2.05, 4.69) is 0 Å². The molecule has 0 aliphatic heterocycles. The molecule has 0 aliphatic rings. The smallest absolute Gasteiger partial charge is 0.116 e. The first kappa shape index (κ1) is 10.6. The third-order valence-corrected chi connectivity index (χ3v) is 0.471. The molecular weight excluding hydrogens is 104 g/mol. The summed E-state index contributed by atoms with van der Waals surface area (Å²) in [6.07, 6.45) is 1.13. The maximum Gasteiger partial charge on any atom is 0.116 e. The first-order valence-corrected chi connectivity index (χ1v) is 2.61. The zero-order valence-corrected chi connectivity index (χ0v) is 5.97. The van der Waals surface area contributed by atoms with Crippen LogP contribution in [-0.4, -0.2) is 19.5 Å². The van der Waals surface area contributed by atoms with E-state index in [9.17, 15) is 0 Å². The van der Waals surface area contributed by atoms with Crippen molar-refractivity contribution in [1.29, 1.82) is 0 Å². The fourth-order valence-corrected chi connectivity index (χ4v) is 0. The van der Waals surface area contributed by atoms with Gasteiger partial charge < -0.3 is 9.53 Å². The Hall–Kier alpha value is -0.370. The number of aldehydes is 1. The summed E-state index contributed by atoms with van der Waals surface area (Å²) in [5.74, 6) is 0. The summed E-state index contributed by atoms with van der Waals surface area (Å²) in [4.78, 5) is 8.81. The normalized spacial score (nSPS) is 7.62. The van der Waals surface area contributed by atoms with E-state index in [-0.39, 0.29) is 0 Å². The molecule has 0 rings (SSSR count). The van der Waals surface area contributed by atoms with Crippen LogP contribution in [0.2, 0.25) is 0 Å². The molecule has 0 aromatic rings. The van der Waals surface area contributed by atoms with Crippen molar-refractivity contribution in [3.63, 3.8) is 0 Å². The molecule has 0 atom stereocenters. The lowest BCUT2D eigenvalue weighted by molar-refractivity contribution is -0.106. The van der Waals surface area contributed by atoms with Crippen LogP contribution >= 0.6 is 0 Å². The van der Waals surface area contributed by atoms with Crippen LogP contribution in [0.4, 0.5) is 0 Å². The van der Waals surface area contributed by atoms with Gasteiger partial charge in [0.05, 0.1) is 6.10 Å². The summed E-state index contributed by atoms with van der Waals surface area (Å²) in [5.41, 5.74) is 0. The fourth-order valence-electron chi connectivity index (χ4n) is 0. The molecule has 2 heteroatoms. The van der Waals surface area contributed by atoms with Crippen molar-refractivity contribution < 1.29 is 9.53 Å². The highest BCUT2D eigenvalue weighted by atomic mass is 16.5. The van der Waals surface area contributed by atoms with Crippen molar-refractivity contribution in [2.24, 2.45) is 0 Å². The molecule has 0 N–H and O–H groups in total. The topological polar surface area (TPSA) is 26.3 Å². The zero-order chi connectivity index (χ0) is 6.99. The number of carbonyl (C=O) groups is 1. The summed E-state index contributed by atoms with van der Waals surface area (Å²) >= 11 is 0. The Kier molecular flexibility index (Phi) is 13.0. The van der Waals surface area contributed by atoms with Crippen LogP contribution in [0, 0.1) is 0 Å². The summed E-state index contributed by atoms with van der Waals surface area (Å²) in [7, 11) is 1.70. The van der Waals surface area contributed by atoms with Gasteiger partial charge in [-0.2, -0.15) is 0 Å². The van der Waals surface area contributed by atoms with Gasteiger partial charge in [-0.05, 0) is 20.8 Å². The van der Waals surface area contributed by atoms with E-state index < -0.39 is 0 Å². The quantitative estimate of drug-likeness (QED) is 0.484. The van der Waals surface area contributed by atoms with Crippen LogP contribution in [-0.2, 0) is 9.53 Å². The molecule has 0 aliphatic carbocycles. The van der Waals surface area contributed by atoms with Crippen LogP contribution in [0.1, 0.15) is 20.8 Å². The monoisotopic (exact) mass is 118 g/mol. The Morgan fingerprint density at radius 3 is 1.62 bits per heavy atom. The lowest BCUT2D eigenvalue weighted by Crippen LogP contribution is -1.94. The molecule has 8 heavy (non-hydrogen) atoms. The molecular formula is C6H14O2. The van der Waals surface area contributed by atoms with E-state index in [4.69, 9.17) is 9.53 Å². The molecule has 0 saturated heterocycles. The van der Waals surface area contributed by atoms with Gasteiger partial charge in [-0.15, -0.1) is 0 Å². The molecule has 0 radical (unpaired) electrons. The van der Waals surface area contributed by atoms with Crippen molar-refractivity contribution in [1.82, 2.24) is 0 Å². The van der Waals surface area contributed by atoms with Crippen LogP contribution in [0.15, 0.2) is 0 Å². The Labute approximate surface area is 50.8 Å². The van der Waals surface area contributed by atoms with Crippen molar-refractivity contribution in [2.75, 3.05) is 7.11 Å². The molecule has 0 heterocycles. The van der Waals surface area contributed by atoms with Crippen molar-refractivity contribution >= 4 is 6.29 Å². The number of ether oxygens (including phenoxy) is 1. The molecule has 0 amide bonds. The first-order valence-electron chi connectivity index (χ1n) is 2.61. The molecule has 50 valence electrons. The van der Waals surface area contributed by atoms with E-state index in [0.717, 1.165) is 6.29 Å². The Bertz CT molecular complexity index is 41.8. The van der Waals surface area contributed by atoms with Crippen molar-refractivity contribution in [3.05, 3.63) is 0 Å². The number of hydrogen-bond donors (Lipinski definition) is 0. The standard InChI is InChI=1S/C4H10O.C2H4O/c1-4(2)5-3;1-2-3/h4H,1-3H3;2H,1H3.